The normalized spacial score (nSPS) is 26.2. The molecule has 2 aliphatic rings. The third-order valence-corrected chi connectivity index (χ3v) is 8.53. The van der Waals surface area contributed by atoms with Crippen molar-refractivity contribution in [3.63, 3.8) is 0 Å². The number of carboxylic acid groups (broad SMARTS) is 1. The van der Waals surface area contributed by atoms with E-state index in [4.69, 9.17) is 40.0 Å². The lowest BCUT2D eigenvalue weighted by Crippen LogP contribution is -2.69. The molecule has 0 aliphatic carbocycles. The number of carbonyl (C=O) groups is 1. The van der Waals surface area contributed by atoms with Crippen molar-refractivity contribution < 1.29 is 42.7 Å². The van der Waals surface area contributed by atoms with Gasteiger partial charge >= 0.3 is 5.97 Å². The van der Waals surface area contributed by atoms with E-state index in [2.05, 4.69) is 13.8 Å². The van der Waals surface area contributed by atoms with Crippen molar-refractivity contribution in [2.45, 2.75) is 102 Å². The second-order valence-corrected chi connectivity index (χ2v) is 11.8. The number of ether oxygens (including phenoxy) is 6. The van der Waals surface area contributed by atoms with E-state index in [1.54, 1.807) is 31.2 Å². The van der Waals surface area contributed by atoms with Crippen LogP contribution in [0, 0.1) is 5.82 Å². The summed E-state index contributed by atoms with van der Waals surface area (Å²) in [6.07, 6.45) is 2.79. The summed E-state index contributed by atoms with van der Waals surface area (Å²) in [5.74, 6) is -3.05. The summed E-state index contributed by atoms with van der Waals surface area (Å²) >= 11 is 6.66. The van der Waals surface area contributed by atoms with Crippen LogP contribution in [0.15, 0.2) is 36.4 Å². The van der Waals surface area contributed by atoms with E-state index in [1.807, 2.05) is 13.0 Å². The number of rotatable bonds is 18. The number of unbranched alkanes of at least 4 members (excludes halogenated alkanes) is 3. The molecule has 0 aromatic heterocycles. The average molecular weight is 637 g/mol. The van der Waals surface area contributed by atoms with E-state index in [1.165, 1.54) is 6.07 Å². The van der Waals surface area contributed by atoms with Gasteiger partial charge in [-0.05, 0) is 68.0 Å². The van der Waals surface area contributed by atoms with Gasteiger partial charge in [0.05, 0.1) is 13.2 Å². The van der Waals surface area contributed by atoms with Crippen LogP contribution in [0.5, 0.6) is 5.75 Å². The van der Waals surface area contributed by atoms with E-state index < -0.39 is 41.5 Å². The molecule has 1 N–H and O–H groups in total. The fraction of sp³-hybridized carbons (Fsp3) is 0.618. The highest BCUT2D eigenvalue weighted by Gasteiger charge is 2.72. The van der Waals surface area contributed by atoms with Crippen LogP contribution in [0.25, 0.3) is 0 Å². The molecule has 0 unspecified atom stereocenters. The number of carboxylic acids is 1. The molecule has 2 heterocycles. The van der Waals surface area contributed by atoms with Crippen LogP contribution in [0.2, 0.25) is 5.02 Å². The zero-order valence-electron chi connectivity index (χ0n) is 26.2. The summed E-state index contributed by atoms with van der Waals surface area (Å²) in [5, 5.41) is 11.1. The van der Waals surface area contributed by atoms with E-state index in [0.29, 0.717) is 54.6 Å². The average Bonchev–Trinajstić information content (AvgIpc) is 3.38. The summed E-state index contributed by atoms with van der Waals surface area (Å²) in [6, 6.07) is 10.1. The molecule has 244 valence electrons. The topological polar surface area (TPSA) is 92.7 Å². The van der Waals surface area contributed by atoms with E-state index >= 15 is 0 Å². The van der Waals surface area contributed by atoms with Gasteiger partial charge in [0.25, 0.3) is 0 Å². The molecule has 5 atom stereocenters. The number of hydrogen-bond acceptors (Lipinski definition) is 7. The Balaban J connectivity index is 1.78. The van der Waals surface area contributed by atoms with Crippen molar-refractivity contribution in [3.8, 4) is 5.75 Å². The summed E-state index contributed by atoms with van der Waals surface area (Å²) in [5.41, 5.74) is 0.122. The second-order valence-electron chi connectivity index (χ2n) is 11.4. The van der Waals surface area contributed by atoms with E-state index in [9.17, 15) is 14.3 Å². The lowest BCUT2D eigenvalue weighted by molar-refractivity contribution is -0.341. The molecular weight excluding hydrogens is 591 g/mol. The fourth-order valence-corrected chi connectivity index (χ4v) is 5.94. The van der Waals surface area contributed by atoms with Crippen LogP contribution in [-0.4, -0.2) is 68.0 Å². The Morgan fingerprint density at radius 3 is 2.23 bits per heavy atom. The van der Waals surface area contributed by atoms with Crippen LogP contribution in [0.3, 0.4) is 0 Å². The molecule has 0 spiro atoms. The van der Waals surface area contributed by atoms with Crippen molar-refractivity contribution in [2.75, 3.05) is 33.0 Å². The lowest BCUT2D eigenvalue weighted by atomic mass is 9.82. The molecule has 2 aliphatic heterocycles. The van der Waals surface area contributed by atoms with Gasteiger partial charge in [-0.2, -0.15) is 0 Å². The molecule has 0 radical (unpaired) electrons. The first-order valence-electron chi connectivity index (χ1n) is 15.9. The largest absolute Gasteiger partial charge is 0.491 e. The molecule has 2 saturated heterocycles. The maximum absolute atomic E-state index is 14.7. The smallest absolute Gasteiger partial charge is 0.341 e. The third-order valence-electron chi connectivity index (χ3n) is 8.17. The number of benzene rings is 2. The van der Waals surface area contributed by atoms with Crippen molar-refractivity contribution in [1.29, 1.82) is 0 Å². The predicted octanol–water partition coefficient (Wildman–Crippen LogP) is 7.06. The van der Waals surface area contributed by atoms with Gasteiger partial charge in [0.1, 0.15) is 18.3 Å². The van der Waals surface area contributed by atoms with Crippen LogP contribution in [-0.2, 0) is 40.7 Å². The first-order chi connectivity index (χ1) is 21.3. The minimum absolute atomic E-state index is 0.187. The van der Waals surface area contributed by atoms with Crippen molar-refractivity contribution in [1.82, 2.24) is 0 Å². The minimum Gasteiger partial charge on any atom is -0.491 e. The van der Waals surface area contributed by atoms with Gasteiger partial charge in [0.2, 0.25) is 11.4 Å². The third kappa shape index (κ3) is 7.24. The molecule has 4 rings (SSSR count). The minimum atomic E-state index is -1.81. The molecule has 10 heteroatoms. The van der Waals surface area contributed by atoms with Gasteiger partial charge < -0.3 is 33.5 Å². The quantitative estimate of drug-likeness (QED) is 0.174. The Morgan fingerprint density at radius 2 is 1.61 bits per heavy atom. The number of aliphatic carboxylic acids is 1. The zero-order chi connectivity index (χ0) is 31.7. The fourth-order valence-electron chi connectivity index (χ4n) is 5.75. The highest BCUT2D eigenvalue weighted by atomic mass is 35.5. The Kier molecular flexibility index (Phi) is 12.4. The molecule has 8 nitrogen and oxygen atoms in total. The summed E-state index contributed by atoms with van der Waals surface area (Å²) in [7, 11) is 0. The predicted molar refractivity (Wildman–Crippen MR) is 165 cm³/mol. The monoisotopic (exact) mass is 636 g/mol. The Bertz CT molecular complexity index is 1240. The van der Waals surface area contributed by atoms with Crippen molar-refractivity contribution in [2.24, 2.45) is 0 Å². The second kappa shape index (κ2) is 15.8. The van der Waals surface area contributed by atoms with Crippen molar-refractivity contribution >= 4 is 17.6 Å². The van der Waals surface area contributed by atoms with Crippen LogP contribution in [0.4, 0.5) is 4.39 Å². The standard InChI is InChI=1S/C34H46ClFO8/c1-5-9-16-40-29-30(41-17-10-6-2)33(32(37)38)22-43-34(44-33,31(29)42-18-11-7-3)25-13-14-26(35)24(21-25)19-23-12-15-28(39-8-4)27(36)20-23/h12-15,20-21,29-31H,5-11,16-19,22H2,1-4H3,(H,37,38)/t29-,30-,31+,33-,34-/m0/s1. The van der Waals surface area contributed by atoms with Crippen LogP contribution < -0.4 is 4.74 Å². The van der Waals surface area contributed by atoms with Gasteiger partial charge in [-0.3, -0.25) is 0 Å². The van der Waals surface area contributed by atoms with Crippen molar-refractivity contribution in [3.05, 3.63) is 63.9 Å². The first-order valence-corrected chi connectivity index (χ1v) is 16.3. The summed E-state index contributed by atoms with van der Waals surface area (Å²) < 4.78 is 52.3. The lowest BCUT2D eigenvalue weighted by Gasteiger charge is -2.49. The molecule has 0 amide bonds. The first kappa shape index (κ1) is 34.6. The van der Waals surface area contributed by atoms with Gasteiger partial charge in [-0.1, -0.05) is 63.8 Å². The van der Waals surface area contributed by atoms with E-state index in [0.717, 1.165) is 38.5 Å². The molecule has 44 heavy (non-hydrogen) atoms. The summed E-state index contributed by atoms with van der Waals surface area (Å²) in [4.78, 5) is 13.0. The van der Waals surface area contributed by atoms with E-state index in [-0.39, 0.29) is 12.4 Å². The number of halogens is 2. The maximum atomic E-state index is 14.7. The van der Waals surface area contributed by atoms with Crippen LogP contribution >= 0.6 is 11.6 Å². The number of fused-ring (bicyclic) bond motifs is 2. The Morgan fingerprint density at radius 1 is 0.955 bits per heavy atom. The SMILES string of the molecule is CCCCO[C@@H]1[C@@H](OCCCC)[C@@]2(c3ccc(Cl)c(Cc4ccc(OCC)c(F)c4)c3)OC[C@](C(=O)O)(O2)[C@H]1OCCCC. The molecule has 2 bridgehead atoms. The maximum Gasteiger partial charge on any atom is 0.341 e. The van der Waals surface area contributed by atoms with Crippen LogP contribution in [0.1, 0.15) is 82.9 Å². The Labute approximate surface area is 265 Å². The molecule has 0 saturated carbocycles. The Hall–Kier alpha value is -2.27. The highest BCUT2D eigenvalue weighted by Crippen LogP contribution is 2.53. The molecular formula is C34H46ClFO8. The van der Waals surface area contributed by atoms with Gasteiger partial charge in [0, 0.05) is 30.4 Å². The molecule has 2 fully saturated rings. The zero-order valence-corrected chi connectivity index (χ0v) is 27.0. The van der Waals surface area contributed by atoms with Gasteiger partial charge in [-0.25, -0.2) is 9.18 Å². The molecule has 2 aromatic rings. The molecule has 2 aromatic carbocycles. The summed E-state index contributed by atoms with van der Waals surface area (Å²) in [6.45, 7) is 9.25. The van der Waals surface area contributed by atoms with Gasteiger partial charge in [0.15, 0.2) is 11.6 Å². The highest BCUT2D eigenvalue weighted by molar-refractivity contribution is 6.31. The van der Waals surface area contributed by atoms with Gasteiger partial charge in [-0.15, -0.1) is 0 Å². The number of hydrogen-bond donors (Lipinski definition) is 1.